The van der Waals surface area contributed by atoms with Crippen LogP contribution in [0, 0.1) is 0 Å². The van der Waals surface area contributed by atoms with E-state index in [1.165, 1.54) is 18.3 Å². The van der Waals surface area contributed by atoms with Crippen LogP contribution in [0.2, 0.25) is 0 Å². The number of rotatable bonds is 5. The summed E-state index contributed by atoms with van der Waals surface area (Å²) in [7, 11) is 0. The Kier molecular flexibility index (Phi) is 5.09. The fraction of sp³-hybridized carbons (Fsp3) is 0.238. The lowest BCUT2D eigenvalue weighted by molar-refractivity contribution is -0.173. The molecular formula is C21H20FN3O3. The van der Waals surface area contributed by atoms with Gasteiger partial charge >= 0.3 is 11.8 Å². The number of ether oxygens (including phenoxy) is 1. The molecule has 3 aromatic rings. The molecule has 0 aliphatic carbocycles. The number of Topliss-reactive ketones (excluding diaryl/α,β-unsaturated/α-hetero) is 1. The zero-order valence-electron chi connectivity index (χ0n) is 15.8. The predicted octanol–water partition coefficient (Wildman–Crippen LogP) is 3.79. The monoisotopic (exact) mass is 381 g/mol. The van der Waals surface area contributed by atoms with E-state index in [1.807, 2.05) is 6.07 Å². The molecule has 0 amide bonds. The molecule has 1 aromatic heterocycles. The number of alkyl halides is 1. The second-order valence-corrected chi connectivity index (χ2v) is 7.23. The molecule has 1 atom stereocenters. The molecule has 0 fully saturated rings. The van der Waals surface area contributed by atoms with Gasteiger partial charge in [0.1, 0.15) is 11.3 Å². The molecule has 0 radical (unpaired) electrons. The minimum Gasteiger partial charge on any atom is -0.456 e. The number of esters is 1. The Morgan fingerprint density at radius 1 is 0.964 bits per heavy atom. The minimum absolute atomic E-state index is 0.0209. The molecule has 0 N–H and O–H groups in total. The van der Waals surface area contributed by atoms with Crippen LogP contribution in [0.4, 0.5) is 4.39 Å². The molecule has 2 aromatic carbocycles. The third-order valence-electron chi connectivity index (χ3n) is 3.88. The van der Waals surface area contributed by atoms with Crippen LogP contribution in [0.1, 0.15) is 31.1 Å². The normalized spacial score (nSPS) is 13.6. The first-order chi connectivity index (χ1) is 13.2. The van der Waals surface area contributed by atoms with Crippen LogP contribution >= 0.6 is 0 Å². The van der Waals surface area contributed by atoms with E-state index in [0.717, 1.165) is 0 Å². The summed E-state index contributed by atoms with van der Waals surface area (Å²) in [5.74, 6) is -5.61. The van der Waals surface area contributed by atoms with Gasteiger partial charge in [-0.2, -0.15) is 9.07 Å². The zero-order valence-corrected chi connectivity index (χ0v) is 15.8. The summed E-state index contributed by atoms with van der Waals surface area (Å²) in [6.45, 7) is 4.78. The Bertz CT molecular complexity index is 981. The molecule has 0 aliphatic rings. The van der Waals surface area contributed by atoms with Gasteiger partial charge in [-0.25, -0.2) is 4.79 Å². The minimum atomic E-state index is -3.19. The van der Waals surface area contributed by atoms with Crippen molar-refractivity contribution in [2.24, 2.45) is 0 Å². The average molecular weight is 381 g/mol. The lowest BCUT2D eigenvalue weighted by Crippen LogP contribution is -2.49. The lowest BCUT2D eigenvalue weighted by Gasteiger charge is -2.27. The highest BCUT2D eigenvalue weighted by atomic mass is 19.1. The summed E-state index contributed by atoms with van der Waals surface area (Å²) in [4.78, 5) is 25.7. The third kappa shape index (κ3) is 3.83. The van der Waals surface area contributed by atoms with Crippen molar-refractivity contribution in [2.75, 3.05) is 0 Å². The highest BCUT2D eigenvalue weighted by Gasteiger charge is 2.53. The Balaban J connectivity index is 2.08. The van der Waals surface area contributed by atoms with Gasteiger partial charge in [0.15, 0.2) is 0 Å². The van der Waals surface area contributed by atoms with E-state index in [1.54, 1.807) is 63.2 Å². The summed E-state index contributed by atoms with van der Waals surface area (Å²) < 4.78 is 21.9. The van der Waals surface area contributed by atoms with Gasteiger partial charge in [-0.15, -0.1) is 5.10 Å². The fourth-order valence-electron chi connectivity index (χ4n) is 2.57. The molecule has 6 nitrogen and oxygen atoms in total. The summed E-state index contributed by atoms with van der Waals surface area (Å²) >= 11 is 0. The summed E-state index contributed by atoms with van der Waals surface area (Å²) in [5.41, 5.74) is 0.0286. The van der Waals surface area contributed by atoms with Crippen molar-refractivity contribution in [1.29, 1.82) is 0 Å². The Morgan fingerprint density at radius 3 is 2.11 bits per heavy atom. The Hall–Kier alpha value is -3.35. The van der Waals surface area contributed by atoms with E-state index in [4.69, 9.17) is 4.74 Å². The predicted molar refractivity (Wildman–Crippen MR) is 101 cm³/mol. The molecule has 3 rings (SSSR count). The van der Waals surface area contributed by atoms with E-state index in [-0.39, 0.29) is 5.56 Å². The first-order valence-electron chi connectivity index (χ1n) is 8.72. The zero-order chi connectivity index (χ0) is 20.4. The Morgan fingerprint density at radius 2 is 1.54 bits per heavy atom. The summed E-state index contributed by atoms with van der Waals surface area (Å²) in [6, 6.07) is 16.6. The molecule has 1 unspecified atom stereocenters. The molecule has 0 saturated carbocycles. The standard InChI is InChI=1S/C21H20FN3O3/c1-20(2,3)28-19(27)21(22,18(26)16-12-8-5-9-13-16)25-14-17(23-24-25)15-10-6-4-7-11-15/h4-14H,1-3H3. The fourth-order valence-corrected chi connectivity index (χ4v) is 2.57. The number of carbonyl (C=O) groups is 2. The van der Waals surface area contributed by atoms with Gasteiger partial charge < -0.3 is 4.74 Å². The largest absolute Gasteiger partial charge is 0.456 e. The molecule has 0 spiro atoms. The van der Waals surface area contributed by atoms with Gasteiger partial charge in [0, 0.05) is 11.1 Å². The van der Waals surface area contributed by atoms with E-state index < -0.39 is 23.1 Å². The van der Waals surface area contributed by atoms with E-state index >= 15 is 4.39 Å². The molecule has 28 heavy (non-hydrogen) atoms. The number of hydrogen-bond donors (Lipinski definition) is 0. The second kappa shape index (κ2) is 7.34. The van der Waals surface area contributed by atoms with Crippen LogP contribution in [0.5, 0.6) is 0 Å². The van der Waals surface area contributed by atoms with Crippen molar-refractivity contribution in [3.63, 3.8) is 0 Å². The number of ketones is 1. The SMILES string of the molecule is CC(C)(C)OC(=O)C(F)(C(=O)c1ccccc1)n1cc(-c2ccccc2)nn1. The first-order valence-corrected chi connectivity index (χ1v) is 8.72. The number of carbonyl (C=O) groups excluding carboxylic acids is 2. The lowest BCUT2D eigenvalue weighted by atomic mass is 10.0. The molecule has 0 saturated heterocycles. The maximum atomic E-state index is 16.1. The highest BCUT2D eigenvalue weighted by molar-refractivity contribution is 6.13. The number of halogens is 1. The van der Waals surface area contributed by atoms with E-state index in [2.05, 4.69) is 10.3 Å². The number of benzene rings is 2. The van der Waals surface area contributed by atoms with Crippen molar-refractivity contribution >= 4 is 11.8 Å². The molecular weight excluding hydrogens is 361 g/mol. The van der Waals surface area contributed by atoms with Gasteiger partial charge in [0.2, 0.25) is 5.78 Å². The smallest absolute Gasteiger partial charge is 0.376 e. The number of nitrogens with zero attached hydrogens (tertiary/aromatic N) is 3. The maximum Gasteiger partial charge on any atom is 0.376 e. The number of hydrogen-bond acceptors (Lipinski definition) is 5. The van der Waals surface area contributed by atoms with Gasteiger partial charge in [0.25, 0.3) is 0 Å². The van der Waals surface area contributed by atoms with Crippen molar-refractivity contribution in [3.05, 3.63) is 72.4 Å². The third-order valence-corrected chi connectivity index (χ3v) is 3.88. The van der Waals surface area contributed by atoms with Gasteiger partial charge in [-0.05, 0) is 20.8 Å². The van der Waals surface area contributed by atoms with Crippen molar-refractivity contribution in [1.82, 2.24) is 15.0 Å². The van der Waals surface area contributed by atoms with Crippen LogP contribution in [0.3, 0.4) is 0 Å². The van der Waals surface area contributed by atoms with E-state index in [9.17, 15) is 9.59 Å². The Labute approximate surface area is 161 Å². The van der Waals surface area contributed by atoms with Crippen molar-refractivity contribution < 1.29 is 18.7 Å². The van der Waals surface area contributed by atoms with E-state index in [0.29, 0.717) is 15.9 Å². The quantitative estimate of drug-likeness (QED) is 0.382. The van der Waals surface area contributed by atoms with Crippen molar-refractivity contribution in [3.8, 4) is 11.3 Å². The molecule has 1 heterocycles. The molecule has 7 heteroatoms. The first kappa shape index (κ1) is 19.4. The van der Waals surface area contributed by atoms with Gasteiger partial charge in [-0.3, -0.25) is 4.79 Å². The average Bonchev–Trinajstić information content (AvgIpc) is 3.17. The van der Waals surface area contributed by atoms with Gasteiger partial charge in [-0.1, -0.05) is 65.9 Å². The van der Waals surface area contributed by atoms with Crippen LogP contribution in [0.15, 0.2) is 66.9 Å². The van der Waals surface area contributed by atoms with Crippen LogP contribution in [0.25, 0.3) is 11.3 Å². The van der Waals surface area contributed by atoms with Gasteiger partial charge in [0.05, 0.1) is 6.20 Å². The summed E-state index contributed by atoms with van der Waals surface area (Å²) in [5, 5.41) is 7.65. The molecule has 0 bridgehead atoms. The summed E-state index contributed by atoms with van der Waals surface area (Å²) in [6.07, 6.45) is 1.22. The topological polar surface area (TPSA) is 74.1 Å². The van der Waals surface area contributed by atoms with Crippen molar-refractivity contribution in [2.45, 2.75) is 32.2 Å². The van der Waals surface area contributed by atoms with Crippen LogP contribution in [-0.4, -0.2) is 32.3 Å². The molecule has 0 aliphatic heterocycles. The molecule has 144 valence electrons. The maximum absolute atomic E-state index is 16.1. The second-order valence-electron chi connectivity index (χ2n) is 7.23. The highest BCUT2D eigenvalue weighted by Crippen LogP contribution is 2.29. The van der Waals surface area contributed by atoms with Crippen LogP contribution in [-0.2, 0) is 15.3 Å². The number of aromatic nitrogens is 3. The van der Waals surface area contributed by atoms with Crippen LogP contribution < -0.4 is 0 Å².